The van der Waals surface area contributed by atoms with Crippen LogP contribution in [0.2, 0.25) is 0 Å². The van der Waals surface area contributed by atoms with Crippen molar-refractivity contribution in [2.45, 2.75) is 51.8 Å². The van der Waals surface area contributed by atoms with Crippen LogP contribution in [0.1, 0.15) is 34.1 Å². The number of hydrogen-bond donors (Lipinski definition) is 4. The van der Waals surface area contributed by atoms with Crippen LogP contribution in [0.25, 0.3) is 0 Å². The molecular weight excluding hydrogens is 278 g/mol. The van der Waals surface area contributed by atoms with E-state index in [1.165, 1.54) is 7.11 Å². The van der Waals surface area contributed by atoms with Gasteiger partial charge in [0.2, 0.25) is 5.91 Å². The lowest BCUT2D eigenvalue weighted by Gasteiger charge is -2.24. The van der Waals surface area contributed by atoms with E-state index in [9.17, 15) is 14.4 Å². The molecule has 8 heteroatoms. The second-order valence-electron chi connectivity index (χ2n) is 5.77. The molecule has 0 aromatic carbocycles. The average molecular weight is 303 g/mol. The summed E-state index contributed by atoms with van der Waals surface area (Å²) in [6, 6.07) is -1.26. The summed E-state index contributed by atoms with van der Waals surface area (Å²) < 4.78 is 4.93. The molecule has 3 amide bonds. The molecule has 2 unspecified atom stereocenters. The van der Waals surface area contributed by atoms with Crippen LogP contribution in [0.4, 0.5) is 4.79 Å². The highest BCUT2D eigenvalue weighted by molar-refractivity contribution is 5.87. The van der Waals surface area contributed by atoms with Gasteiger partial charge in [-0.3, -0.25) is 9.59 Å². The van der Waals surface area contributed by atoms with E-state index in [0.29, 0.717) is 0 Å². The number of carboxylic acid groups (broad SMARTS) is 1. The summed E-state index contributed by atoms with van der Waals surface area (Å²) in [5.74, 6) is -1.31. The lowest BCUT2D eigenvalue weighted by Crippen LogP contribution is -2.53. The molecule has 21 heavy (non-hydrogen) atoms. The van der Waals surface area contributed by atoms with E-state index >= 15 is 0 Å². The van der Waals surface area contributed by atoms with Gasteiger partial charge in [0.25, 0.3) is 0 Å². The minimum atomic E-state index is -1.01. The second kappa shape index (κ2) is 8.46. The number of carbonyl (C=O) groups is 3. The highest BCUT2D eigenvalue weighted by Crippen LogP contribution is 1.99. The van der Waals surface area contributed by atoms with E-state index in [4.69, 9.17) is 9.84 Å². The first kappa shape index (κ1) is 19.2. The van der Waals surface area contributed by atoms with Crippen molar-refractivity contribution in [3.05, 3.63) is 0 Å². The van der Waals surface area contributed by atoms with Crippen LogP contribution in [0.3, 0.4) is 0 Å². The van der Waals surface area contributed by atoms with E-state index < -0.39 is 24.1 Å². The summed E-state index contributed by atoms with van der Waals surface area (Å²) in [5, 5.41) is 16.3. The first-order valence-corrected chi connectivity index (χ1v) is 6.66. The molecule has 0 radical (unpaired) electrons. The number of carboxylic acids is 1. The zero-order valence-electron chi connectivity index (χ0n) is 13.1. The van der Waals surface area contributed by atoms with E-state index in [-0.39, 0.29) is 24.4 Å². The smallest absolute Gasteiger partial charge is 0.315 e. The molecule has 0 aliphatic carbocycles. The SMILES string of the molecule is COC(CNC(=O)NC(C)C(=O)NC(C)(C)C)CC(=O)O. The van der Waals surface area contributed by atoms with Gasteiger partial charge in [0.05, 0.1) is 12.5 Å². The zero-order chi connectivity index (χ0) is 16.6. The fraction of sp³-hybridized carbons (Fsp3) is 0.769. The van der Waals surface area contributed by atoms with Gasteiger partial charge < -0.3 is 25.8 Å². The zero-order valence-corrected chi connectivity index (χ0v) is 13.1. The molecular formula is C13H25N3O5. The molecule has 4 N–H and O–H groups in total. The molecule has 0 aliphatic rings. The van der Waals surface area contributed by atoms with Gasteiger partial charge in [0.1, 0.15) is 6.04 Å². The number of hydrogen-bond acceptors (Lipinski definition) is 4. The number of carbonyl (C=O) groups excluding carboxylic acids is 2. The van der Waals surface area contributed by atoms with Crippen LogP contribution in [0.5, 0.6) is 0 Å². The Hall–Kier alpha value is -1.83. The third-order valence-electron chi connectivity index (χ3n) is 2.46. The van der Waals surface area contributed by atoms with Crippen molar-refractivity contribution in [3.63, 3.8) is 0 Å². The quantitative estimate of drug-likeness (QED) is 0.531. The number of rotatable bonds is 7. The van der Waals surface area contributed by atoms with Crippen molar-refractivity contribution in [1.82, 2.24) is 16.0 Å². The maximum Gasteiger partial charge on any atom is 0.315 e. The summed E-state index contributed by atoms with van der Waals surface area (Å²) in [6.07, 6.45) is -0.830. The van der Waals surface area contributed by atoms with Gasteiger partial charge in [-0.05, 0) is 27.7 Å². The molecule has 0 rings (SSSR count). The highest BCUT2D eigenvalue weighted by Gasteiger charge is 2.21. The van der Waals surface area contributed by atoms with Crippen LogP contribution >= 0.6 is 0 Å². The number of nitrogens with one attached hydrogen (secondary N) is 3. The molecule has 0 aliphatic heterocycles. The lowest BCUT2D eigenvalue weighted by atomic mass is 10.1. The van der Waals surface area contributed by atoms with Gasteiger partial charge in [-0.25, -0.2) is 4.79 Å². The van der Waals surface area contributed by atoms with Crippen molar-refractivity contribution in [2.75, 3.05) is 13.7 Å². The Morgan fingerprint density at radius 3 is 2.24 bits per heavy atom. The molecule has 0 fully saturated rings. The molecule has 0 aromatic rings. The van der Waals surface area contributed by atoms with Crippen molar-refractivity contribution >= 4 is 17.9 Å². The number of amides is 3. The summed E-state index contributed by atoms with van der Waals surface area (Å²) in [7, 11) is 1.37. The lowest BCUT2D eigenvalue weighted by molar-refractivity contribution is -0.139. The van der Waals surface area contributed by atoms with Gasteiger partial charge in [0.15, 0.2) is 0 Å². The van der Waals surface area contributed by atoms with Gasteiger partial charge >= 0.3 is 12.0 Å². The van der Waals surface area contributed by atoms with Crippen molar-refractivity contribution in [3.8, 4) is 0 Å². The van der Waals surface area contributed by atoms with Crippen LogP contribution in [-0.2, 0) is 14.3 Å². The second-order valence-corrected chi connectivity index (χ2v) is 5.77. The van der Waals surface area contributed by atoms with Crippen molar-refractivity contribution < 1.29 is 24.2 Å². The largest absolute Gasteiger partial charge is 0.481 e. The molecule has 0 saturated heterocycles. The number of urea groups is 1. The van der Waals surface area contributed by atoms with E-state index in [2.05, 4.69) is 16.0 Å². The van der Waals surface area contributed by atoms with E-state index in [0.717, 1.165) is 0 Å². The summed E-state index contributed by atoms with van der Waals surface area (Å²) >= 11 is 0. The standard InChI is InChI=1S/C13H25N3O5/c1-8(11(19)16-13(2,3)4)15-12(20)14-7-9(21-5)6-10(17)18/h8-9H,6-7H2,1-5H3,(H,16,19)(H,17,18)(H2,14,15,20). The molecule has 8 nitrogen and oxygen atoms in total. The molecule has 0 saturated carbocycles. The number of methoxy groups -OCH3 is 1. The molecule has 2 atom stereocenters. The van der Waals surface area contributed by atoms with Crippen LogP contribution in [0, 0.1) is 0 Å². The molecule has 0 aromatic heterocycles. The summed E-state index contributed by atoms with van der Waals surface area (Å²) in [5.41, 5.74) is -0.383. The van der Waals surface area contributed by atoms with E-state index in [1.807, 2.05) is 20.8 Å². The first-order valence-electron chi connectivity index (χ1n) is 6.66. The van der Waals surface area contributed by atoms with Gasteiger partial charge in [-0.2, -0.15) is 0 Å². The third-order valence-corrected chi connectivity index (χ3v) is 2.46. The molecule has 0 bridgehead atoms. The predicted molar refractivity (Wildman–Crippen MR) is 76.9 cm³/mol. The fourth-order valence-electron chi connectivity index (χ4n) is 1.43. The Morgan fingerprint density at radius 2 is 1.81 bits per heavy atom. The molecule has 0 heterocycles. The number of ether oxygens (including phenoxy) is 1. The fourth-order valence-corrected chi connectivity index (χ4v) is 1.43. The van der Waals surface area contributed by atoms with Crippen LogP contribution in [0.15, 0.2) is 0 Å². The van der Waals surface area contributed by atoms with Crippen LogP contribution < -0.4 is 16.0 Å². The number of aliphatic carboxylic acids is 1. The average Bonchev–Trinajstić information content (AvgIpc) is 2.31. The van der Waals surface area contributed by atoms with Gasteiger partial charge in [-0.15, -0.1) is 0 Å². The molecule has 122 valence electrons. The minimum Gasteiger partial charge on any atom is -0.481 e. The van der Waals surface area contributed by atoms with Gasteiger partial charge in [0, 0.05) is 19.2 Å². The van der Waals surface area contributed by atoms with Crippen LogP contribution in [-0.4, -0.2) is 54.4 Å². The monoisotopic (exact) mass is 303 g/mol. The Labute approximate surface area is 124 Å². The van der Waals surface area contributed by atoms with Gasteiger partial charge in [-0.1, -0.05) is 0 Å². The van der Waals surface area contributed by atoms with Crippen molar-refractivity contribution in [1.29, 1.82) is 0 Å². The van der Waals surface area contributed by atoms with E-state index in [1.54, 1.807) is 6.92 Å². The van der Waals surface area contributed by atoms with Crippen molar-refractivity contribution in [2.24, 2.45) is 0 Å². The predicted octanol–water partition coefficient (Wildman–Crippen LogP) is 0.0785. The summed E-state index contributed by atoms with van der Waals surface area (Å²) in [6.45, 7) is 7.13. The maximum atomic E-state index is 11.8. The topological polar surface area (TPSA) is 117 Å². The Kier molecular flexibility index (Phi) is 7.72. The molecule has 0 spiro atoms. The maximum absolute atomic E-state index is 11.8. The third kappa shape index (κ3) is 9.67. The Bertz CT molecular complexity index is 378. The normalized spacial score (nSPS) is 14.0. The Morgan fingerprint density at radius 1 is 1.24 bits per heavy atom. The first-order chi connectivity index (χ1) is 9.55. The highest BCUT2D eigenvalue weighted by atomic mass is 16.5. The minimum absolute atomic E-state index is 0.0439. The Balaban J connectivity index is 4.19. The summed E-state index contributed by atoms with van der Waals surface area (Å²) in [4.78, 5) is 34.0.